The number of benzene rings is 1. The van der Waals surface area contributed by atoms with E-state index < -0.39 is 11.6 Å². The summed E-state index contributed by atoms with van der Waals surface area (Å²) < 4.78 is 31.8. The maximum absolute atomic E-state index is 13.7. The highest BCUT2D eigenvalue weighted by Crippen LogP contribution is 2.47. The van der Waals surface area contributed by atoms with E-state index in [0.717, 1.165) is 11.8 Å². The molecule has 0 amide bonds. The second kappa shape index (κ2) is 6.80. The van der Waals surface area contributed by atoms with Crippen molar-refractivity contribution >= 4 is 27.7 Å². The smallest absolute Gasteiger partial charge is 0.309 e. The minimum Gasteiger partial charge on any atom is -0.469 e. The number of ether oxygens (including phenoxy) is 1. The Hall–Kier alpha value is -2.09. The van der Waals surface area contributed by atoms with E-state index in [4.69, 9.17) is 4.74 Å². The Morgan fingerprint density at radius 3 is 2.79 bits per heavy atom. The van der Waals surface area contributed by atoms with Gasteiger partial charge in [-0.1, -0.05) is 0 Å². The van der Waals surface area contributed by atoms with Crippen LogP contribution in [-0.4, -0.2) is 23.0 Å². The van der Waals surface area contributed by atoms with Crippen LogP contribution in [0.4, 0.5) is 14.6 Å². The summed E-state index contributed by atoms with van der Waals surface area (Å²) >= 11 is 3.03. The van der Waals surface area contributed by atoms with Gasteiger partial charge in [0.1, 0.15) is 17.5 Å². The van der Waals surface area contributed by atoms with Gasteiger partial charge in [0.05, 0.1) is 35.6 Å². The SMILES string of the molecule is COC(=O)[C@@H]1C[C@H]1c1cnc(NCc2cc(Br)c(F)cc2F)cn1. The summed E-state index contributed by atoms with van der Waals surface area (Å²) in [7, 11) is 1.36. The van der Waals surface area contributed by atoms with Gasteiger partial charge < -0.3 is 10.1 Å². The molecule has 24 heavy (non-hydrogen) atoms. The van der Waals surface area contributed by atoms with Gasteiger partial charge in [0, 0.05) is 24.1 Å². The number of nitrogens with zero attached hydrogens (tertiary/aromatic N) is 2. The molecule has 126 valence electrons. The van der Waals surface area contributed by atoms with E-state index in [9.17, 15) is 13.6 Å². The Labute approximate surface area is 145 Å². The first-order valence-corrected chi connectivity index (χ1v) is 8.06. The summed E-state index contributed by atoms with van der Waals surface area (Å²) in [6, 6.07) is 2.21. The molecule has 1 heterocycles. The van der Waals surface area contributed by atoms with Crippen LogP contribution in [0.1, 0.15) is 23.6 Å². The van der Waals surface area contributed by atoms with E-state index in [1.165, 1.54) is 19.4 Å². The number of nitrogens with one attached hydrogen (secondary N) is 1. The van der Waals surface area contributed by atoms with Gasteiger partial charge in [0.15, 0.2) is 0 Å². The zero-order valence-electron chi connectivity index (χ0n) is 12.7. The number of hydrogen-bond acceptors (Lipinski definition) is 5. The van der Waals surface area contributed by atoms with Gasteiger partial charge in [-0.15, -0.1) is 0 Å². The van der Waals surface area contributed by atoms with E-state index >= 15 is 0 Å². The van der Waals surface area contributed by atoms with E-state index in [0.29, 0.717) is 17.8 Å². The molecule has 0 radical (unpaired) electrons. The molecule has 0 saturated heterocycles. The van der Waals surface area contributed by atoms with Gasteiger partial charge in [0.2, 0.25) is 0 Å². The summed E-state index contributed by atoms with van der Waals surface area (Å²) in [5.74, 6) is -1.15. The van der Waals surface area contributed by atoms with E-state index in [2.05, 4.69) is 31.2 Å². The highest BCUT2D eigenvalue weighted by Gasteiger charge is 2.46. The van der Waals surface area contributed by atoms with Gasteiger partial charge in [-0.2, -0.15) is 0 Å². The standard InChI is InChI=1S/C16H14BrF2N3O2/c1-24-16(23)10-3-9(10)14-6-22-15(7-20-14)21-5-8-2-11(17)13(19)4-12(8)18/h2,4,6-7,9-10H,3,5H2,1H3,(H,21,22)/t9-,10-/m1/s1. The van der Waals surface area contributed by atoms with Gasteiger partial charge in [-0.3, -0.25) is 9.78 Å². The molecule has 3 rings (SSSR count). The molecule has 0 unspecified atom stereocenters. The molecule has 0 bridgehead atoms. The molecule has 5 nitrogen and oxygen atoms in total. The van der Waals surface area contributed by atoms with Crippen LogP contribution in [-0.2, 0) is 16.1 Å². The molecule has 1 N–H and O–H groups in total. The molecular weight excluding hydrogens is 384 g/mol. The zero-order chi connectivity index (χ0) is 17.3. The average molecular weight is 398 g/mol. The molecule has 0 spiro atoms. The molecule has 1 fully saturated rings. The first kappa shape index (κ1) is 16.8. The van der Waals surface area contributed by atoms with Crippen LogP contribution < -0.4 is 5.32 Å². The lowest BCUT2D eigenvalue weighted by atomic mass is 10.2. The summed E-state index contributed by atoms with van der Waals surface area (Å²) in [6.07, 6.45) is 3.83. The molecule has 1 aromatic carbocycles. The number of aromatic nitrogens is 2. The summed E-state index contributed by atoms with van der Waals surface area (Å²) in [4.78, 5) is 19.9. The van der Waals surface area contributed by atoms with Gasteiger partial charge in [0.25, 0.3) is 0 Å². The molecule has 1 aliphatic carbocycles. The lowest BCUT2D eigenvalue weighted by molar-refractivity contribution is -0.142. The summed E-state index contributed by atoms with van der Waals surface area (Å²) in [5, 5.41) is 2.93. The molecule has 0 aliphatic heterocycles. The van der Waals surface area contributed by atoms with E-state index in [1.54, 1.807) is 6.20 Å². The third-order valence-electron chi connectivity index (χ3n) is 3.90. The zero-order valence-corrected chi connectivity index (χ0v) is 14.3. The van der Waals surface area contributed by atoms with Crippen molar-refractivity contribution in [3.63, 3.8) is 0 Å². The third-order valence-corrected chi connectivity index (χ3v) is 4.50. The average Bonchev–Trinajstić information content (AvgIpc) is 3.37. The van der Waals surface area contributed by atoms with Crippen molar-refractivity contribution in [3.8, 4) is 0 Å². The predicted octanol–water partition coefficient (Wildman–Crippen LogP) is 3.41. The Kier molecular flexibility index (Phi) is 4.75. The Balaban J connectivity index is 1.61. The van der Waals surface area contributed by atoms with Crippen molar-refractivity contribution in [1.82, 2.24) is 9.97 Å². The van der Waals surface area contributed by atoms with Crippen molar-refractivity contribution < 1.29 is 18.3 Å². The van der Waals surface area contributed by atoms with Gasteiger partial charge in [-0.25, -0.2) is 13.8 Å². The molecule has 1 aliphatic rings. The Bertz CT molecular complexity index is 771. The van der Waals surface area contributed by atoms with E-state index in [-0.39, 0.29) is 28.8 Å². The minimum absolute atomic E-state index is 0.0458. The van der Waals surface area contributed by atoms with Gasteiger partial charge in [-0.05, 0) is 28.4 Å². The van der Waals surface area contributed by atoms with Crippen molar-refractivity contribution in [2.45, 2.75) is 18.9 Å². The summed E-state index contributed by atoms with van der Waals surface area (Å²) in [5.41, 5.74) is 1.04. The number of methoxy groups -OCH3 is 1. The first-order chi connectivity index (χ1) is 11.5. The number of halogens is 3. The molecule has 1 aromatic heterocycles. The van der Waals surface area contributed by atoms with Crippen molar-refractivity contribution in [2.75, 3.05) is 12.4 Å². The first-order valence-electron chi connectivity index (χ1n) is 7.26. The van der Waals surface area contributed by atoms with Crippen LogP contribution in [0, 0.1) is 17.6 Å². The fraction of sp³-hybridized carbons (Fsp3) is 0.312. The number of anilines is 1. The lowest BCUT2D eigenvalue weighted by Crippen LogP contribution is -2.06. The van der Waals surface area contributed by atoms with Crippen LogP contribution >= 0.6 is 15.9 Å². The molecule has 8 heteroatoms. The molecule has 2 aromatic rings. The third kappa shape index (κ3) is 3.53. The highest BCUT2D eigenvalue weighted by molar-refractivity contribution is 9.10. The van der Waals surface area contributed by atoms with Gasteiger partial charge >= 0.3 is 5.97 Å². The van der Waals surface area contributed by atoms with E-state index in [1.807, 2.05) is 0 Å². The molecule has 2 atom stereocenters. The lowest BCUT2D eigenvalue weighted by Gasteiger charge is -2.08. The number of carbonyl (C=O) groups is 1. The van der Waals surface area contributed by atoms with Crippen molar-refractivity contribution in [3.05, 3.63) is 51.9 Å². The largest absolute Gasteiger partial charge is 0.469 e. The quantitative estimate of drug-likeness (QED) is 0.618. The van der Waals surface area contributed by atoms with Crippen LogP contribution in [0.3, 0.4) is 0 Å². The van der Waals surface area contributed by atoms with Crippen LogP contribution in [0.15, 0.2) is 29.0 Å². The van der Waals surface area contributed by atoms with Crippen LogP contribution in [0.5, 0.6) is 0 Å². The van der Waals surface area contributed by atoms with Crippen molar-refractivity contribution in [2.24, 2.45) is 5.92 Å². The predicted molar refractivity (Wildman–Crippen MR) is 86.3 cm³/mol. The topological polar surface area (TPSA) is 64.1 Å². The second-order valence-electron chi connectivity index (χ2n) is 5.51. The number of rotatable bonds is 5. The number of hydrogen-bond donors (Lipinski definition) is 1. The normalized spacial score (nSPS) is 19.0. The minimum atomic E-state index is -0.648. The highest BCUT2D eigenvalue weighted by atomic mass is 79.9. The monoisotopic (exact) mass is 397 g/mol. The summed E-state index contributed by atoms with van der Waals surface area (Å²) in [6.45, 7) is 0.146. The fourth-order valence-electron chi connectivity index (χ4n) is 2.44. The maximum Gasteiger partial charge on any atom is 0.309 e. The maximum atomic E-state index is 13.7. The molecule has 1 saturated carbocycles. The number of carbonyl (C=O) groups excluding carboxylic acids is 1. The second-order valence-corrected chi connectivity index (χ2v) is 6.36. The number of esters is 1. The Morgan fingerprint density at radius 2 is 2.12 bits per heavy atom. The van der Waals surface area contributed by atoms with Crippen molar-refractivity contribution in [1.29, 1.82) is 0 Å². The van der Waals surface area contributed by atoms with Crippen LogP contribution in [0.2, 0.25) is 0 Å². The fourth-order valence-corrected chi connectivity index (χ4v) is 2.83. The van der Waals surface area contributed by atoms with Crippen LogP contribution in [0.25, 0.3) is 0 Å². The Morgan fingerprint density at radius 1 is 1.33 bits per heavy atom. The molecular formula is C16H14BrF2N3O2.